The quantitative estimate of drug-likeness (QED) is 0.188. The number of rotatable bonds is 8. The van der Waals surface area contributed by atoms with E-state index in [1.807, 2.05) is 0 Å². The van der Waals surface area contributed by atoms with E-state index in [9.17, 15) is 35.4 Å². The van der Waals surface area contributed by atoms with Crippen LogP contribution in [0.2, 0.25) is 0 Å². The monoisotopic (exact) mass is 592 g/mol. The fourth-order valence-electron chi connectivity index (χ4n) is 4.76. The molecule has 0 spiro atoms. The van der Waals surface area contributed by atoms with Crippen LogP contribution in [0, 0.1) is 0 Å². The van der Waals surface area contributed by atoms with E-state index in [2.05, 4.69) is 0 Å². The molecule has 0 aliphatic carbocycles. The second kappa shape index (κ2) is 12.5. The highest BCUT2D eigenvalue weighted by Gasteiger charge is 2.46. The number of hydrogen-bond acceptors (Lipinski definition) is 14. The van der Waals surface area contributed by atoms with Gasteiger partial charge in [0.1, 0.15) is 76.7 Å². The van der Waals surface area contributed by atoms with E-state index in [-0.39, 0.29) is 40.3 Å². The summed E-state index contributed by atoms with van der Waals surface area (Å²) in [7, 11) is 2.89. The number of aliphatic hydroxyl groups is 6. The van der Waals surface area contributed by atoms with Crippen molar-refractivity contribution < 1.29 is 63.5 Å². The van der Waals surface area contributed by atoms with Gasteiger partial charge in [0.05, 0.1) is 27.4 Å². The molecule has 3 aromatic rings. The van der Waals surface area contributed by atoms with Gasteiger partial charge in [0.2, 0.25) is 6.29 Å². The van der Waals surface area contributed by atoms with Gasteiger partial charge >= 0.3 is 0 Å². The first-order chi connectivity index (χ1) is 20.1. The molecule has 6 N–H and O–H groups in total. The highest BCUT2D eigenvalue weighted by Crippen LogP contribution is 2.34. The van der Waals surface area contributed by atoms with Crippen molar-refractivity contribution in [1.82, 2.24) is 0 Å². The summed E-state index contributed by atoms with van der Waals surface area (Å²) in [6.45, 7) is -0.749. The van der Waals surface area contributed by atoms with Gasteiger partial charge in [-0.1, -0.05) is 0 Å². The Balaban J connectivity index is 1.37. The summed E-state index contributed by atoms with van der Waals surface area (Å²) in [5.74, 6) is 1.06. The Morgan fingerprint density at radius 3 is 2.21 bits per heavy atom. The molecule has 9 atom stereocenters. The third-order valence-corrected chi connectivity index (χ3v) is 7.16. The van der Waals surface area contributed by atoms with Crippen molar-refractivity contribution in [2.75, 3.05) is 27.4 Å². The Morgan fingerprint density at radius 1 is 0.810 bits per heavy atom. The Hall–Kier alpha value is -3.31. The molecule has 0 amide bonds. The largest absolute Gasteiger partial charge is 0.497 e. The lowest BCUT2D eigenvalue weighted by Gasteiger charge is -2.41. The first kappa shape index (κ1) is 30.2. The summed E-state index contributed by atoms with van der Waals surface area (Å²) in [5.41, 5.74) is 0.345. The first-order valence-corrected chi connectivity index (χ1v) is 13.0. The molecule has 0 radical (unpaired) electrons. The maximum absolute atomic E-state index is 13.0. The van der Waals surface area contributed by atoms with Crippen LogP contribution in [0.5, 0.6) is 17.2 Å². The molecule has 5 rings (SSSR count). The van der Waals surface area contributed by atoms with E-state index < -0.39 is 61.9 Å². The average Bonchev–Trinajstić information content (AvgIpc) is 2.99. The second-order valence-electron chi connectivity index (χ2n) is 9.92. The maximum Gasteiger partial charge on any atom is 0.229 e. The van der Waals surface area contributed by atoms with Crippen LogP contribution >= 0.6 is 0 Å². The summed E-state index contributed by atoms with van der Waals surface area (Å²) in [6.07, 6.45) is -13.6. The zero-order chi connectivity index (χ0) is 30.1. The second-order valence-corrected chi connectivity index (χ2v) is 9.92. The number of hydrogen-bond donors (Lipinski definition) is 6. The Kier molecular flexibility index (Phi) is 8.98. The van der Waals surface area contributed by atoms with E-state index in [0.29, 0.717) is 11.3 Å². The molecule has 14 nitrogen and oxygen atoms in total. The number of aliphatic hydroxyl groups excluding tert-OH is 6. The van der Waals surface area contributed by atoms with Crippen LogP contribution < -0.4 is 19.6 Å². The molecular formula is C28H32O14. The minimum absolute atomic E-state index is 0.0461. The van der Waals surface area contributed by atoms with Gasteiger partial charge in [-0.2, -0.15) is 0 Å². The van der Waals surface area contributed by atoms with Crippen LogP contribution in [-0.4, -0.2) is 113 Å². The van der Waals surface area contributed by atoms with Gasteiger partial charge in [-0.3, -0.25) is 4.79 Å². The SMILES string of the molecule is COc1ccc(-c2cc(=O)c3c(OC)cc(O[C@@H]4OC(CO[C@@H]5OC[C@@H](O)[C@H](O)C5O)[C@@H](O)[C@H](O)C4O)cc3o2)cc1. The summed E-state index contributed by atoms with van der Waals surface area (Å²) < 4.78 is 38.7. The zero-order valence-corrected chi connectivity index (χ0v) is 22.6. The van der Waals surface area contributed by atoms with Crippen LogP contribution in [0.4, 0.5) is 0 Å². The minimum Gasteiger partial charge on any atom is -0.497 e. The molecular weight excluding hydrogens is 560 g/mol. The third-order valence-electron chi connectivity index (χ3n) is 7.16. The molecule has 2 aliphatic rings. The number of ether oxygens (including phenoxy) is 6. The molecule has 2 saturated heterocycles. The minimum atomic E-state index is -1.72. The van der Waals surface area contributed by atoms with Gasteiger partial charge in [0, 0.05) is 23.8 Å². The maximum atomic E-state index is 13.0. The average molecular weight is 593 g/mol. The number of fused-ring (bicyclic) bond motifs is 1. The summed E-state index contributed by atoms with van der Waals surface area (Å²) in [4.78, 5) is 13.0. The molecule has 2 aliphatic heterocycles. The van der Waals surface area contributed by atoms with Gasteiger partial charge in [-0.15, -0.1) is 0 Å². The van der Waals surface area contributed by atoms with Crippen LogP contribution in [0.3, 0.4) is 0 Å². The third kappa shape index (κ3) is 5.94. The lowest BCUT2D eigenvalue weighted by molar-refractivity contribution is -0.307. The topological polar surface area (TPSA) is 207 Å². The van der Waals surface area contributed by atoms with E-state index >= 15 is 0 Å². The van der Waals surface area contributed by atoms with Gasteiger partial charge in [0.25, 0.3) is 0 Å². The van der Waals surface area contributed by atoms with E-state index in [1.54, 1.807) is 24.3 Å². The van der Waals surface area contributed by atoms with Crippen molar-refractivity contribution in [2.45, 2.75) is 55.3 Å². The van der Waals surface area contributed by atoms with Crippen molar-refractivity contribution in [1.29, 1.82) is 0 Å². The highest BCUT2D eigenvalue weighted by molar-refractivity contribution is 5.86. The Labute approximate surface area is 238 Å². The molecule has 0 bridgehead atoms. The summed E-state index contributed by atoms with van der Waals surface area (Å²) >= 11 is 0. The molecule has 14 heteroatoms. The van der Waals surface area contributed by atoms with E-state index in [0.717, 1.165) is 0 Å². The van der Waals surface area contributed by atoms with Gasteiger partial charge < -0.3 is 63.5 Å². The Bertz CT molecular complexity index is 1420. The van der Waals surface area contributed by atoms with Crippen LogP contribution in [0.15, 0.2) is 51.7 Å². The zero-order valence-electron chi connectivity index (χ0n) is 22.6. The van der Waals surface area contributed by atoms with Gasteiger partial charge in [0.15, 0.2) is 11.7 Å². The van der Waals surface area contributed by atoms with Crippen molar-refractivity contribution in [3.63, 3.8) is 0 Å². The van der Waals surface area contributed by atoms with Gasteiger partial charge in [-0.25, -0.2) is 0 Å². The lowest BCUT2D eigenvalue weighted by Crippen LogP contribution is -2.61. The first-order valence-electron chi connectivity index (χ1n) is 13.0. The normalized spacial score (nSPS) is 31.6. The lowest BCUT2D eigenvalue weighted by atomic mass is 9.99. The fraction of sp³-hybridized carbons (Fsp3) is 0.464. The summed E-state index contributed by atoms with van der Waals surface area (Å²) in [5, 5.41) is 61.2. The van der Waals surface area contributed by atoms with Crippen molar-refractivity contribution in [3.8, 4) is 28.6 Å². The van der Waals surface area contributed by atoms with Crippen LogP contribution in [0.1, 0.15) is 0 Å². The predicted octanol–water partition coefficient (Wildman–Crippen LogP) is -0.881. The molecule has 1 aromatic heterocycles. The molecule has 2 fully saturated rings. The molecule has 42 heavy (non-hydrogen) atoms. The Morgan fingerprint density at radius 2 is 1.52 bits per heavy atom. The molecule has 3 unspecified atom stereocenters. The number of benzene rings is 2. The summed E-state index contributed by atoms with van der Waals surface area (Å²) in [6, 6.07) is 11.0. The fourth-order valence-corrected chi connectivity index (χ4v) is 4.76. The predicted molar refractivity (Wildman–Crippen MR) is 142 cm³/mol. The van der Waals surface area contributed by atoms with Crippen LogP contribution in [0.25, 0.3) is 22.3 Å². The van der Waals surface area contributed by atoms with Crippen molar-refractivity contribution >= 4 is 11.0 Å². The standard InChI is InChI=1S/C28H32O14/c1-36-13-5-3-12(4-6-13)17-9-15(29)21-18(37-2)7-14(8-19(21)41-17)40-28-26(35)24(33)23(32)20(42-28)11-39-27-25(34)22(31)16(30)10-38-27/h3-9,16,20,22-28,30-35H,10-11H2,1-2H3/t16-,20?,22+,23-,24+,25?,26?,27+,28-/m1/s1. The van der Waals surface area contributed by atoms with E-state index in [1.165, 1.54) is 32.4 Å². The van der Waals surface area contributed by atoms with Crippen molar-refractivity contribution in [3.05, 3.63) is 52.7 Å². The van der Waals surface area contributed by atoms with Crippen molar-refractivity contribution in [2.24, 2.45) is 0 Å². The smallest absolute Gasteiger partial charge is 0.229 e. The number of methoxy groups -OCH3 is 2. The van der Waals surface area contributed by atoms with Gasteiger partial charge in [-0.05, 0) is 24.3 Å². The van der Waals surface area contributed by atoms with E-state index in [4.69, 9.17) is 32.8 Å². The van der Waals surface area contributed by atoms with Crippen LogP contribution in [-0.2, 0) is 14.2 Å². The molecule has 0 saturated carbocycles. The molecule has 228 valence electrons. The molecule has 3 heterocycles. The molecule has 2 aromatic carbocycles. The highest BCUT2D eigenvalue weighted by atomic mass is 16.7.